The molecule has 0 radical (unpaired) electrons. The van der Waals surface area contributed by atoms with Crippen LogP contribution in [0.5, 0.6) is 11.5 Å². The van der Waals surface area contributed by atoms with Crippen molar-refractivity contribution in [1.29, 1.82) is 0 Å². The van der Waals surface area contributed by atoms with E-state index in [1.54, 1.807) is 11.8 Å². The molecule has 6 nitrogen and oxygen atoms in total. The van der Waals surface area contributed by atoms with Gasteiger partial charge in [0.15, 0.2) is 17.3 Å². The maximum absolute atomic E-state index is 6.22. The molecular formula is C17H22ClN3O3S. The number of nitrogens with zero attached hydrogens (tertiary/aromatic N) is 2. The molecule has 2 aromatic rings. The van der Waals surface area contributed by atoms with Crippen LogP contribution in [0, 0.1) is 0 Å². The van der Waals surface area contributed by atoms with Crippen LogP contribution in [0.1, 0.15) is 37.4 Å². The van der Waals surface area contributed by atoms with Gasteiger partial charge in [0.1, 0.15) is 0 Å². The molecule has 25 heavy (non-hydrogen) atoms. The Hall–Kier alpha value is -1.44. The van der Waals surface area contributed by atoms with Gasteiger partial charge >= 0.3 is 0 Å². The summed E-state index contributed by atoms with van der Waals surface area (Å²) in [4.78, 5) is 5.60. The Bertz CT molecular complexity index is 721. The Morgan fingerprint density at radius 2 is 1.92 bits per heavy atom. The van der Waals surface area contributed by atoms with Crippen LogP contribution in [0.2, 0.25) is 0 Å². The minimum Gasteiger partial charge on any atom is -0.490 e. The van der Waals surface area contributed by atoms with Gasteiger partial charge in [-0.15, -0.1) is 24.2 Å². The molecule has 1 aliphatic carbocycles. The predicted octanol–water partition coefficient (Wildman–Crippen LogP) is 3.33. The van der Waals surface area contributed by atoms with Gasteiger partial charge in [0.25, 0.3) is 0 Å². The first-order valence-corrected chi connectivity index (χ1v) is 9.36. The number of fused-ring (bicyclic) bond motifs is 1. The highest BCUT2D eigenvalue weighted by Gasteiger charge is 2.38. The standard InChI is InChI=1S/C17H21N3O3S.ClH/c18-17(6-1-7-17)16-19-15(23-20-16)5-10-24-12-3-4-13-14(11-12)22-9-2-8-21-13;/h3-4,11H,1-2,5-10,18H2;1H. The van der Waals surface area contributed by atoms with Crippen LogP contribution >= 0.6 is 24.2 Å². The maximum atomic E-state index is 6.22. The van der Waals surface area contributed by atoms with Gasteiger partial charge in [-0.25, -0.2) is 0 Å². The summed E-state index contributed by atoms with van der Waals surface area (Å²) in [6, 6.07) is 6.07. The Morgan fingerprint density at radius 1 is 1.12 bits per heavy atom. The zero-order chi connectivity index (χ0) is 16.4. The van der Waals surface area contributed by atoms with Crippen molar-refractivity contribution in [3.8, 4) is 11.5 Å². The molecule has 2 heterocycles. The van der Waals surface area contributed by atoms with Crippen LogP contribution in [-0.4, -0.2) is 29.1 Å². The lowest BCUT2D eigenvalue weighted by Gasteiger charge is -2.34. The number of rotatable bonds is 5. The normalized spacial score (nSPS) is 18.0. The van der Waals surface area contributed by atoms with E-state index in [0.29, 0.717) is 24.9 Å². The lowest BCUT2D eigenvalue weighted by molar-refractivity contribution is 0.229. The van der Waals surface area contributed by atoms with Crippen molar-refractivity contribution < 1.29 is 14.0 Å². The molecule has 0 bridgehead atoms. The van der Waals surface area contributed by atoms with Gasteiger partial charge in [-0.3, -0.25) is 0 Å². The molecule has 0 spiro atoms. The number of benzene rings is 1. The summed E-state index contributed by atoms with van der Waals surface area (Å²) < 4.78 is 16.7. The van der Waals surface area contributed by atoms with Crippen LogP contribution < -0.4 is 15.2 Å². The number of aryl methyl sites for hydroxylation is 1. The van der Waals surface area contributed by atoms with Gasteiger partial charge in [-0.05, 0) is 37.5 Å². The molecule has 0 unspecified atom stereocenters. The number of hydrogen-bond donors (Lipinski definition) is 1. The van der Waals surface area contributed by atoms with Crippen molar-refractivity contribution in [1.82, 2.24) is 10.1 Å². The summed E-state index contributed by atoms with van der Waals surface area (Å²) in [5.41, 5.74) is 5.86. The van der Waals surface area contributed by atoms with Gasteiger partial charge in [0, 0.05) is 23.5 Å². The lowest BCUT2D eigenvalue weighted by atomic mass is 9.77. The van der Waals surface area contributed by atoms with E-state index in [1.165, 1.54) is 0 Å². The number of hydrogen-bond acceptors (Lipinski definition) is 7. The predicted molar refractivity (Wildman–Crippen MR) is 97.7 cm³/mol. The molecule has 0 amide bonds. The highest BCUT2D eigenvalue weighted by Crippen LogP contribution is 2.37. The van der Waals surface area contributed by atoms with Gasteiger partial charge in [-0.1, -0.05) is 5.16 Å². The summed E-state index contributed by atoms with van der Waals surface area (Å²) in [5.74, 6) is 3.83. The van der Waals surface area contributed by atoms with Gasteiger partial charge in [0.2, 0.25) is 5.89 Å². The van der Waals surface area contributed by atoms with E-state index in [-0.39, 0.29) is 17.9 Å². The van der Waals surface area contributed by atoms with Crippen LogP contribution in [0.15, 0.2) is 27.6 Å². The average Bonchev–Trinajstić information content (AvgIpc) is 2.91. The summed E-state index contributed by atoms with van der Waals surface area (Å²) >= 11 is 1.74. The molecule has 1 fully saturated rings. The molecular weight excluding hydrogens is 362 g/mol. The van der Waals surface area contributed by atoms with Gasteiger partial charge in [-0.2, -0.15) is 4.98 Å². The molecule has 1 saturated carbocycles. The van der Waals surface area contributed by atoms with Crippen molar-refractivity contribution in [3.63, 3.8) is 0 Å². The fourth-order valence-corrected chi connectivity index (χ4v) is 3.70. The summed E-state index contributed by atoms with van der Waals surface area (Å²) in [6.45, 7) is 1.41. The summed E-state index contributed by atoms with van der Waals surface area (Å²) in [6.07, 6.45) is 4.66. The Labute approximate surface area is 157 Å². The lowest BCUT2D eigenvalue weighted by Crippen LogP contribution is -2.44. The van der Waals surface area contributed by atoms with E-state index in [4.69, 9.17) is 19.7 Å². The Balaban J connectivity index is 0.00000182. The second kappa shape index (κ2) is 7.85. The Kier molecular flexibility index (Phi) is 5.76. The molecule has 1 aliphatic heterocycles. The summed E-state index contributed by atoms with van der Waals surface area (Å²) in [5, 5.41) is 4.05. The fourth-order valence-electron chi connectivity index (χ4n) is 2.83. The van der Waals surface area contributed by atoms with Crippen molar-refractivity contribution >= 4 is 24.2 Å². The fraction of sp³-hybridized carbons (Fsp3) is 0.529. The minimum absolute atomic E-state index is 0. The third-order valence-corrected chi connectivity index (χ3v) is 5.46. The molecule has 2 aliphatic rings. The molecule has 0 atom stereocenters. The number of aromatic nitrogens is 2. The second-order valence-corrected chi connectivity index (χ2v) is 7.45. The molecule has 136 valence electrons. The smallest absolute Gasteiger partial charge is 0.227 e. The van der Waals surface area contributed by atoms with E-state index in [2.05, 4.69) is 16.2 Å². The molecule has 1 aromatic heterocycles. The van der Waals surface area contributed by atoms with Crippen LogP contribution in [0.4, 0.5) is 0 Å². The van der Waals surface area contributed by atoms with Gasteiger partial charge in [0.05, 0.1) is 18.8 Å². The zero-order valence-electron chi connectivity index (χ0n) is 13.9. The topological polar surface area (TPSA) is 83.4 Å². The van der Waals surface area contributed by atoms with Crippen molar-refractivity contribution in [2.45, 2.75) is 42.5 Å². The minimum atomic E-state index is -0.358. The third-order valence-electron chi connectivity index (χ3n) is 4.46. The third kappa shape index (κ3) is 4.04. The number of ether oxygens (including phenoxy) is 2. The largest absolute Gasteiger partial charge is 0.490 e. The van der Waals surface area contributed by atoms with Crippen LogP contribution in [0.3, 0.4) is 0 Å². The molecule has 8 heteroatoms. The summed E-state index contributed by atoms with van der Waals surface area (Å²) in [7, 11) is 0. The van der Waals surface area contributed by atoms with Crippen molar-refractivity contribution in [2.75, 3.05) is 19.0 Å². The number of thioether (sulfide) groups is 1. The first-order chi connectivity index (χ1) is 11.7. The van der Waals surface area contributed by atoms with E-state index < -0.39 is 0 Å². The average molecular weight is 384 g/mol. The highest BCUT2D eigenvalue weighted by molar-refractivity contribution is 7.99. The zero-order valence-corrected chi connectivity index (χ0v) is 15.5. The van der Waals surface area contributed by atoms with E-state index in [0.717, 1.165) is 54.3 Å². The van der Waals surface area contributed by atoms with Crippen LogP contribution in [-0.2, 0) is 12.0 Å². The number of halogens is 1. The quantitative estimate of drug-likeness (QED) is 0.792. The van der Waals surface area contributed by atoms with E-state index in [9.17, 15) is 0 Å². The SMILES string of the molecule is Cl.NC1(c2noc(CCSc3ccc4c(c3)OCCCO4)n2)CCC1. The Morgan fingerprint density at radius 3 is 2.68 bits per heavy atom. The monoisotopic (exact) mass is 383 g/mol. The van der Waals surface area contributed by atoms with Crippen molar-refractivity contribution in [3.05, 3.63) is 29.9 Å². The molecule has 0 saturated heterocycles. The van der Waals surface area contributed by atoms with Crippen LogP contribution in [0.25, 0.3) is 0 Å². The first kappa shape index (κ1) is 18.4. The first-order valence-electron chi connectivity index (χ1n) is 8.37. The number of nitrogens with two attached hydrogens (primary N) is 1. The molecule has 1 aromatic carbocycles. The van der Waals surface area contributed by atoms with Crippen molar-refractivity contribution in [2.24, 2.45) is 5.73 Å². The van der Waals surface area contributed by atoms with E-state index >= 15 is 0 Å². The highest BCUT2D eigenvalue weighted by atomic mass is 35.5. The van der Waals surface area contributed by atoms with Gasteiger partial charge < -0.3 is 19.7 Å². The maximum Gasteiger partial charge on any atom is 0.227 e. The molecule has 4 rings (SSSR count). The second-order valence-electron chi connectivity index (χ2n) is 6.28. The molecule has 2 N–H and O–H groups in total. The van der Waals surface area contributed by atoms with E-state index in [1.807, 2.05) is 12.1 Å².